The van der Waals surface area contributed by atoms with Gasteiger partial charge in [-0.25, -0.2) is 9.48 Å². The minimum absolute atomic E-state index is 0.122. The zero-order chi connectivity index (χ0) is 23.3. The summed E-state index contributed by atoms with van der Waals surface area (Å²) in [6, 6.07) is 11.8. The number of carbonyl (C=O) groups excluding carboxylic acids is 3. The van der Waals surface area contributed by atoms with E-state index in [0.29, 0.717) is 22.6 Å². The zero-order valence-electron chi connectivity index (χ0n) is 17.8. The monoisotopic (exact) mass is 499 g/mol. The van der Waals surface area contributed by atoms with E-state index in [1.165, 1.54) is 4.68 Å². The van der Waals surface area contributed by atoms with Crippen molar-refractivity contribution in [3.63, 3.8) is 0 Å². The standard InChI is InChI=1S/C22H22BrN5O4/c1-4-32-22(31)15-5-7-16(8-6-15)24-19(29)12-28-14(3)20(26-27-28)21(30)25-17-9-10-18(23)13(2)11-17/h5-11H,4,12H2,1-3H3,(H,24,29)(H,25,30). The average molecular weight is 500 g/mol. The summed E-state index contributed by atoms with van der Waals surface area (Å²) in [7, 11) is 0. The number of esters is 1. The van der Waals surface area contributed by atoms with Gasteiger partial charge in [0, 0.05) is 15.8 Å². The number of hydrogen-bond acceptors (Lipinski definition) is 6. The summed E-state index contributed by atoms with van der Waals surface area (Å²) < 4.78 is 7.23. The molecule has 9 nitrogen and oxygen atoms in total. The van der Waals surface area contributed by atoms with Gasteiger partial charge in [0.2, 0.25) is 5.91 Å². The van der Waals surface area contributed by atoms with E-state index in [0.717, 1.165) is 10.0 Å². The largest absolute Gasteiger partial charge is 0.462 e. The molecular formula is C22H22BrN5O4. The summed E-state index contributed by atoms with van der Waals surface area (Å²) in [5.74, 6) is -1.18. The normalized spacial score (nSPS) is 10.5. The predicted molar refractivity (Wildman–Crippen MR) is 123 cm³/mol. The van der Waals surface area contributed by atoms with Gasteiger partial charge in [0.05, 0.1) is 17.9 Å². The van der Waals surface area contributed by atoms with Crippen LogP contribution in [0.25, 0.3) is 0 Å². The molecule has 0 atom stereocenters. The molecule has 2 amide bonds. The number of nitrogens with zero attached hydrogens (tertiary/aromatic N) is 3. The molecule has 1 heterocycles. The number of anilines is 2. The second-order valence-electron chi connectivity index (χ2n) is 6.95. The Morgan fingerprint density at radius 2 is 1.72 bits per heavy atom. The first kappa shape index (κ1) is 23.1. The Morgan fingerprint density at radius 1 is 1.03 bits per heavy atom. The molecule has 0 saturated heterocycles. The molecule has 0 unspecified atom stereocenters. The van der Waals surface area contributed by atoms with Gasteiger partial charge in [0.25, 0.3) is 5.91 Å². The van der Waals surface area contributed by atoms with Gasteiger partial charge in [-0.1, -0.05) is 21.1 Å². The Morgan fingerprint density at radius 3 is 2.38 bits per heavy atom. The van der Waals surface area contributed by atoms with Gasteiger partial charge >= 0.3 is 5.97 Å². The van der Waals surface area contributed by atoms with Gasteiger partial charge in [-0.3, -0.25) is 9.59 Å². The quantitative estimate of drug-likeness (QED) is 0.478. The number of benzene rings is 2. The third-order valence-electron chi connectivity index (χ3n) is 4.59. The number of halogens is 1. The van der Waals surface area contributed by atoms with Crippen molar-refractivity contribution in [1.82, 2.24) is 15.0 Å². The highest BCUT2D eigenvalue weighted by molar-refractivity contribution is 9.10. The average Bonchev–Trinajstić information content (AvgIpc) is 3.11. The fourth-order valence-corrected chi connectivity index (χ4v) is 3.12. The first-order valence-corrected chi connectivity index (χ1v) is 10.6. The molecule has 0 radical (unpaired) electrons. The van der Waals surface area contributed by atoms with Crippen LogP contribution in [-0.4, -0.2) is 39.4 Å². The highest BCUT2D eigenvalue weighted by Crippen LogP contribution is 2.20. The lowest BCUT2D eigenvalue weighted by Crippen LogP contribution is -2.21. The predicted octanol–water partition coefficient (Wildman–Crippen LogP) is 3.73. The Hall–Kier alpha value is -3.53. The Kier molecular flexibility index (Phi) is 7.37. The van der Waals surface area contributed by atoms with Crippen molar-refractivity contribution in [1.29, 1.82) is 0 Å². The molecule has 0 bridgehead atoms. The van der Waals surface area contributed by atoms with E-state index in [1.54, 1.807) is 44.2 Å². The van der Waals surface area contributed by atoms with Crippen molar-refractivity contribution in [2.75, 3.05) is 17.2 Å². The van der Waals surface area contributed by atoms with Crippen LogP contribution < -0.4 is 10.6 Å². The van der Waals surface area contributed by atoms with Crippen LogP contribution in [0.15, 0.2) is 46.9 Å². The van der Waals surface area contributed by atoms with E-state index >= 15 is 0 Å². The van der Waals surface area contributed by atoms with E-state index < -0.39 is 11.9 Å². The van der Waals surface area contributed by atoms with E-state index in [9.17, 15) is 14.4 Å². The number of aromatic nitrogens is 3. The Balaban J connectivity index is 1.62. The highest BCUT2D eigenvalue weighted by Gasteiger charge is 2.18. The summed E-state index contributed by atoms with van der Waals surface area (Å²) >= 11 is 3.42. The summed E-state index contributed by atoms with van der Waals surface area (Å²) in [6.07, 6.45) is 0. The van der Waals surface area contributed by atoms with Crippen molar-refractivity contribution in [2.45, 2.75) is 27.3 Å². The lowest BCUT2D eigenvalue weighted by atomic mass is 10.2. The van der Waals surface area contributed by atoms with Crippen LogP contribution in [0, 0.1) is 13.8 Å². The number of aryl methyl sites for hydroxylation is 1. The molecule has 0 aliphatic rings. The van der Waals surface area contributed by atoms with Gasteiger partial charge < -0.3 is 15.4 Å². The smallest absolute Gasteiger partial charge is 0.338 e. The van der Waals surface area contributed by atoms with Crippen molar-refractivity contribution < 1.29 is 19.1 Å². The number of rotatable bonds is 7. The van der Waals surface area contributed by atoms with Gasteiger partial charge in [0.1, 0.15) is 6.54 Å². The SMILES string of the molecule is CCOC(=O)c1ccc(NC(=O)Cn2nnc(C(=O)Nc3ccc(Br)c(C)c3)c2C)cc1. The molecule has 0 fully saturated rings. The molecular weight excluding hydrogens is 478 g/mol. The lowest BCUT2D eigenvalue weighted by Gasteiger charge is -2.08. The second kappa shape index (κ2) is 10.2. The molecule has 1 aromatic heterocycles. The van der Waals surface area contributed by atoms with Gasteiger partial charge in [0.15, 0.2) is 5.69 Å². The molecule has 3 aromatic rings. The molecule has 3 rings (SSSR count). The molecule has 0 aliphatic heterocycles. The molecule has 166 valence electrons. The van der Waals surface area contributed by atoms with Crippen LogP contribution in [0.1, 0.15) is 39.0 Å². The summed E-state index contributed by atoms with van der Waals surface area (Å²) in [5, 5.41) is 13.4. The van der Waals surface area contributed by atoms with E-state index in [2.05, 4.69) is 36.9 Å². The van der Waals surface area contributed by atoms with Crippen LogP contribution in [0.4, 0.5) is 11.4 Å². The minimum atomic E-state index is -0.423. The third-order valence-corrected chi connectivity index (χ3v) is 5.48. The maximum absolute atomic E-state index is 12.6. The van der Waals surface area contributed by atoms with Gasteiger partial charge in [-0.05, 0) is 68.8 Å². The van der Waals surface area contributed by atoms with Crippen LogP contribution in [-0.2, 0) is 16.1 Å². The van der Waals surface area contributed by atoms with Crippen molar-refractivity contribution >= 4 is 45.1 Å². The number of hydrogen-bond donors (Lipinski definition) is 2. The van der Waals surface area contributed by atoms with Crippen LogP contribution in [0.3, 0.4) is 0 Å². The zero-order valence-corrected chi connectivity index (χ0v) is 19.4. The number of ether oxygens (including phenoxy) is 1. The summed E-state index contributed by atoms with van der Waals surface area (Å²) in [5.41, 5.74) is 3.13. The first-order valence-electron chi connectivity index (χ1n) is 9.83. The minimum Gasteiger partial charge on any atom is -0.462 e. The highest BCUT2D eigenvalue weighted by atomic mass is 79.9. The molecule has 2 aromatic carbocycles. The topological polar surface area (TPSA) is 115 Å². The molecule has 0 spiro atoms. The lowest BCUT2D eigenvalue weighted by molar-refractivity contribution is -0.117. The number of carbonyl (C=O) groups is 3. The van der Waals surface area contributed by atoms with Crippen molar-refractivity contribution in [3.8, 4) is 0 Å². The van der Waals surface area contributed by atoms with Crippen LogP contribution in [0.5, 0.6) is 0 Å². The van der Waals surface area contributed by atoms with Crippen LogP contribution >= 0.6 is 15.9 Å². The van der Waals surface area contributed by atoms with E-state index in [1.807, 2.05) is 19.1 Å². The van der Waals surface area contributed by atoms with Gasteiger partial charge in [-0.2, -0.15) is 0 Å². The maximum atomic E-state index is 12.6. The summed E-state index contributed by atoms with van der Waals surface area (Å²) in [4.78, 5) is 36.7. The van der Waals surface area contributed by atoms with Crippen LogP contribution in [0.2, 0.25) is 0 Å². The first-order chi connectivity index (χ1) is 15.3. The Labute approximate surface area is 193 Å². The number of amides is 2. The maximum Gasteiger partial charge on any atom is 0.338 e. The Bertz CT molecular complexity index is 1160. The molecule has 0 saturated carbocycles. The van der Waals surface area contributed by atoms with Gasteiger partial charge in [-0.15, -0.1) is 5.10 Å². The number of nitrogens with one attached hydrogen (secondary N) is 2. The van der Waals surface area contributed by atoms with Crippen molar-refractivity contribution in [2.24, 2.45) is 0 Å². The van der Waals surface area contributed by atoms with E-state index in [4.69, 9.17) is 4.74 Å². The fraction of sp³-hybridized carbons (Fsp3) is 0.227. The molecule has 0 aliphatic carbocycles. The molecule has 32 heavy (non-hydrogen) atoms. The fourth-order valence-electron chi connectivity index (χ4n) is 2.87. The second-order valence-corrected chi connectivity index (χ2v) is 7.80. The summed E-state index contributed by atoms with van der Waals surface area (Å²) in [6.45, 7) is 5.49. The molecule has 10 heteroatoms. The third kappa shape index (κ3) is 5.58. The molecule has 2 N–H and O–H groups in total. The van der Waals surface area contributed by atoms with Crippen molar-refractivity contribution in [3.05, 3.63) is 69.5 Å². The van der Waals surface area contributed by atoms with E-state index in [-0.39, 0.29) is 24.8 Å².